The third-order valence-corrected chi connectivity index (χ3v) is 6.66. The Hall–Kier alpha value is -3.23. The van der Waals surface area contributed by atoms with Crippen LogP contribution in [0.2, 0.25) is 0 Å². The van der Waals surface area contributed by atoms with Crippen molar-refractivity contribution in [1.82, 2.24) is 24.7 Å². The van der Waals surface area contributed by atoms with E-state index in [4.69, 9.17) is 9.97 Å². The van der Waals surface area contributed by atoms with Gasteiger partial charge in [-0.25, -0.2) is 14.8 Å². The van der Waals surface area contributed by atoms with Crippen molar-refractivity contribution in [1.29, 1.82) is 0 Å². The zero-order valence-electron chi connectivity index (χ0n) is 22.3. The van der Waals surface area contributed by atoms with E-state index in [0.29, 0.717) is 19.6 Å². The molecule has 0 aliphatic carbocycles. The molecule has 0 spiro atoms. The fourth-order valence-corrected chi connectivity index (χ4v) is 4.80. The minimum absolute atomic E-state index is 0.0316. The lowest BCUT2D eigenvalue weighted by atomic mass is 10.1. The molecule has 1 fully saturated rings. The summed E-state index contributed by atoms with van der Waals surface area (Å²) in [4.78, 5) is 29.1. The van der Waals surface area contributed by atoms with E-state index in [1.807, 2.05) is 36.9 Å². The van der Waals surface area contributed by atoms with Crippen molar-refractivity contribution in [3.63, 3.8) is 0 Å². The third-order valence-electron chi connectivity index (χ3n) is 6.66. The number of amides is 2. The van der Waals surface area contributed by atoms with Crippen LogP contribution in [-0.2, 0) is 6.54 Å². The normalized spacial score (nSPS) is 14.4. The Morgan fingerprint density at radius 1 is 1.00 bits per heavy atom. The highest BCUT2D eigenvalue weighted by Gasteiger charge is 2.23. The van der Waals surface area contributed by atoms with Crippen molar-refractivity contribution in [2.45, 2.75) is 33.7 Å². The fourth-order valence-electron chi connectivity index (χ4n) is 4.80. The largest absolute Gasteiger partial charge is 0.369 e. The van der Waals surface area contributed by atoms with Crippen LogP contribution >= 0.6 is 0 Å². The topological polar surface area (TPSA) is 76.6 Å². The van der Waals surface area contributed by atoms with E-state index in [1.54, 1.807) is 0 Å². The molecule has 1 aliphatic heterocycles. The van der Waals surface area contributed by atoms with E-state index in [1.165, 1.54) is 5.56 Å². The zero-order chi connectivity index (χ0) is 25.7. The Bertz CT molecular complexity index is 1180. The molecule has 1 saturated heterocycles. The molecule has 8 heteroatoms. The number of hydrogen-bond donors (Lipinski definition) is 2. The number of fused-ring (bicyclic) bond motifs is 1. The van der Waals surface area contributed by atoms with Crippen LogP contribution in [0.25, 0.3) is 10.9 Å². The number of hydrogen-bond acceptors (Lipinski definition) is 6. The number of carbonyl (C=O) groups excluding carboxylic acids is 1. The molecule has 4 rings (SSSR count). The first-order chi connectivity index (χ1) is 17.3. The second kappa shape index (κ2) is 11.7. The summed E-state index contributed by atoms with van der Waals surface area (Å²) in [5.41, 5.74) is 5.28. The van der Waals surface area contributed by atoms with Crippen LogP contribution < -0.4 is 10.6 Å². The van der Waals surface area contributed by atoms with Crippen molar-refractivity contribution in [3.8, 4) is 0 Å². The van der Waals surface area contributed by atoms with Gasteiger partial charge >= 0.3 is 6.03 Å². The maximum absolute atomic E-state index is 12.9. The summed E-state index contributed by atoms with van der Waals surface area (Å²) in [7, 11) is 4.18. The van der Waals surface area contributed by atoms with Gasteiger partial charge in [0.1, 0.15) is 11.6 Å². The van der Waals surface area contributed by atoms with Crippen molar-refractivity contribution in [2.24, 2.45) is 0 Å². The molecular formula is C28H39N7O. The van der Waals surface area contributed by atoms with Crippen molar-refractivity contribution < 1.29 is 4.79 Å². The van der Waals surface area contributed by atoms with Crippen molar-refractivity contribution in [3.05, 3.63) is 58.9 Å². The molecule has 8 nitrogen and oxygen atoms in total. The van der Waals surface area contributed by atoms with E-state index in [-0.39, 0.29) is 6.03 Å². The molecule has 2 heterocycles. The molecule has 0 atom stereocenters. The Morgan fingerprint density at radius 2 is 1.69 bits per heavy atom. The van der Waals surface area contributed by atoms with Crippen molar-refractivity contribution >= 4 is 28.4 Å². The molecular weight excluding hydrogens is 450 g/mol. The SMILES string of the molecule is Cc1cc(C)c(NC(=O)N2CCN(Cc3nc(NCCCN(C)C)c4ccccc4n3)CC2)c(C)c1. The van der Waals surface area contributed by atoms with Crippen LogP contribution in [0.15, 0.2) is 36.4 Å². The van der Waals surface area contributed by atoms with Crippen LogP contribution in [0.5, 0.6) is 0 Å². The highest BCUT2D eigenvalue weighted by molar-refractivity contribution is 5.91. The van der Waals surface area contributed by atoms with E-state index >= 15 is 0 Å². The zero-order valence-corrected chi connectivity index (χ0v) is 22.3. The third kappa shape index (κ3) is 6.50. The number of carbonyl (C=O) groups is 1. The average Bonchev–Trinajstić information content (AvgIpc) is 2.84. The first kappa shape index (κ1) is 25.9. The standard InChI is InChI=1S/C28H39N7O/c1-20-17-21(2)26(22(3)18-20)32-28(36)35-15-13-34(14-16-35)19-25-30-24-10-7-6-9-23(24)27(31-25)29-11-8-12-33(4)5/h6-7,9-10,17-18H,8,11-16,19H2,1-5H3,(H,32,36)(H,29,30,31). The number of nitrogens with one attached hydrogen (secondary N) is 2. The predicted molar refractivity (Wildman–Crippen MR) is 148 cm³/mol. The number of urea groups is 1. The lowest BCUT2D eigenvalue weighted by molar-refractivity contribution is 0.141. The predicted octanol–water partition coefficient (Wildman–Crippen LogP) is 4.27. The number of nitrogens with zero attached hydrogens (tertiary/aromatic N) is 5. The molecule has 2 amide bonds. The summed E-state index contributed by atoms with van der Waals surface area (Å²) >= 11 is 0. The number of aromatic nitrogens is 2. The minimum Gasteiger partial charge on any atom is -0.369 e. The van der Waals surface area contributed by atoms with E-state index in [2.05, 4.69) is 59.7 Å². The molecule has 2 aromatic carbocycles. The maximum atomic E-state index is 12.9. The van der Waals surface area contributed by atoms with Gasteiger partial charge in [-0.1, -0.05) is 29.8 Å². The lowest BCUT2D eigenvalue weighted by Crippen LogP contribution is -2.49. The first-order valence-corrected chi connectivity index (χ1v) is 12.8. The molecule has 192 valence electrons. The second-order valence-corrected chi connectivity index (χ2v) is 10.1. The van der Waals surface area contributed by atoms with Gasteiger partial charge in [-0.2, -0.15) is 0 Å². The summed E-state index contributed by atoms with van der Waals surface area (Å²) in [6.07, 6.45) is 1.05. The summed E-state index contributed by atoms with van der Waals surface area (Å²) in [6, 6.07) is 12.3. The van der Waals surface area contributed by atoms with E-state index < -0.39 is 0 Å². The minimum atomic E-state index is -0.0316. The molecule has 1 aliphatic rings. The Kier molecular flexibility index (Phi) is 8.38. The quantitative estimate of drug-likeness (QED) is 0.460. The number of benzene rings is 2. The number of rotatable bonds is 8. The van der Waals surface area contributed by atoms with Gasteiger partial charge in [0.25, 0.3) is 0 Å². The molecule has 0 unspecified atom stereocenters. The molecule has 0 bridgehead atoms. The summed E-state index contributed by atoms with van der Waals surface area (Å²) in [6.45, 7) is 11.7. The number of piperazine rings is 1. The van der Waals surface area contributed by atoms with Crippen LogP contribution in [-0.4, -0.2) is 84.1 Å². The number of para-hydroxylation sites is 1. The van der Waals surface area contributed by atoms with Crippen LogP contribution in [0, 0.1) is 20.8 Å². The fraction of sp³-hybridized carbons (Fsp3) is 0.464. The highest BCUT2D eigenvalue weighted by Crippen LogP contribution is 2.23. The molecule has 36 heavy (non-hydrogen) atoms. The van der Waals surface area contributed by atoms with Gasteiger partial charge < -0.3 is 20.4 Å². The Balaban J connectivity index is 1.36. The number of aryl methyl sites for hydroxylation is 3. The smallest absolute Gasteiger partial charge is 0.321 e. The number of anilines is 2. The molecule has 1 aromatic heterocycles. The summed E-state index contributed by atoms with van der Waals surface area (Å²) in [5.74, 6) is 1.71. The Labute approximate surface area is 214 Å². The average molecular weight is 490 g/mol. The highest BCUT2D eigenvalue weighted by atomic mass is 16.2. The van der Waals surface area contributed by atoms with E-state index in [0.717, 1.165) is 72.0 Å². The molecule has 0 saturated carbocycles. The molecule has 3 aromatic rings. The second-order valence-electron chi connectivity index (χ2n) is 10.1. The van der Waals surface area contributed by atoms with Crippen LogP contribution in [0.4, 0.5) is 16.3 Å². The Morgan fingerprint density at radius 3 is 2.39 bits per heavy atom. The van der Waals surface area contributed by atoms with Crippen molar-refractivity contribution in [2.75, 3.05) is 64.0 Å². The van der Waals surface area contributed by atoms with Crippen LogP contribution in [0.3, 0.4) is 0 Å². The maximum Gasteiger partial charge on any atom is 0.321 e. The summed E-state index contributed by atoms with van der Waals surface area (Å²) < 4.78 is 0. The van der Waals surface area contributed by atoms with Gasteiger partial charge in [0.2, 0.25) is 0 Å². The van der Waals surface area contributed by atoms with Crippen LogP contribution in [0.1, 0.15) is 28.9 Å². The summed E-state index contributed by atoms with van der Waals surface area (Å²) in [5, 5.41) is 7.70. The monoisotopic (exact) mass is 489 g/mol. The van der Waals surface area contributed by atoms with Gasteiger partial charge in [-0.3, -0.25) is 4.90 Å². The van der Waals surface area contributed by atoms with Gasteiger partial charge in [-0.15, -0.1) is 0 Å². The molecule has 2 N–H and O–H groups in total. The molecule has 0 radical (unpaired) electrons. The van der Waals surface area contributed by atoms with Gasteiger partial charge in [-0.05, 0) is 71.1 Å². The van der Waals surface area contributed by atoms with E-state index in [9.17, 15) is 4.79 Å². The first-order valence-electron chi connectivity index (χ1n) is 12.8. The lowest BCUT2D eigenvalue weighted by Gasteiger charge is -2.34. The van der Waals surface area contributed by atoms with Gasteiger partial charge in [0, 0.05) is 43.8 Å². The van der Waals surface area contributed by atoms with Gasteiger partial charge in [0.05, 0.1) is 12.1 Å². The van der Waals surface area contributed by atoms with Gasteiger partial charge in [0.15, 0.2) is 0 Å².